The molecule has 0 aromatic heterocycles. The fraction of sp³-hybridized carbons (Fsp3) is 0.250. The number of carbonyl (C=O) groups excluding carboxylic acids is 1. The first-order chi connectivity index (χ1) is 7.63. The summed E-state index contributed by atoms with van der Waals surface area (Å²) in [6.07, 6.45) is 3.62. The zero-order valence-corrected chi connectivity index (χ0v) is 9.36. The summed E-state index contributed by atoms with van der Waals surface area (Å²) < 4.78 is 4.93. The quantitative estimate of drug-likeness (QED) is 0.811. The lowest BCUT2D eigenvalue weighted by Crippen LogP contribution is -2.19. The van der Waals surface area contributed by atoms with Gasteiger partial charge in [0.2, 0.25) is 5.91 Å². The second-order valence-electron chi connectivity index (χ2n) is 3.27. The van der Waals surface area contributed by atoms with Crippen LogP contribution >= 0.6 is 0 Å². The summed E-state index contributed by atoms with van der Waals surface area (Å²) in [5.41, 5.74) is 0.851. The molecule has 0 fully saturated rings. The molecule has 4 heteroatoms. The van der Waals surface area contributed by atoms with Gasteiger partial charge in [-0.2, -0.15) is 0 Å². The molecule has 0 atom stereocenters. The number of hydrogen-bond acceptors (Lipinski definition) is 3. The van der Waals surface area contributed by atoms with E-state index in [2.05, 4.69) is 5.32 Å². The van der Waals surface area contributed by atoms with Gasteiger partial charge < -0.3 is 15.2 Å². The van der Waals surface area contributed by atoms with E-state index in [1.165, 1.54) is 14.0 Å². The highest BCUT2D eigenvalue weighted by Gasteiger charge is 1.99. The molecule has 0 spiro atoms. The molecule has 2 N–H and O–H groups in total. The first-order valence-electron chi connectivity index (χ1n) is 4.91. The van der Waals surface area contributed by atoms with Gasteiger partial charge in [0.05, 0.1) is 7.11 Å². The monoisotopic (exact) mass is 221 g/mol. The van der Waals surface area contributed by atoms with Crippen molar-refractivity contribution in [1.82, 2.24) is 5.32 Å². The fourth-order valence-electron chi connectivity index (χ4n) is 1.21. The average molecular weight is 221 g/mol. The fourth-order valence-corrected chi connectivity index (χ4v) is 1.21. The summed E-state index contributed by atoms with van der Waals surface area (Å²) in [7, 11) is 1.50. The predicted molar refractivity (Wildman–Crippen MR) is 62.4 cm³/mol. The van der Waals surface area contributed by atoms with Gasteiger partial charge in [-0.05, 0) is 17.7 Å². The van der Waals surface area contributed by atoms with E-state index in [0.717, 1.165) is 5.56 Å². The van der Waals surface area contributed by atoms with Crippen molar-refractivity contribution >= 4 is 12.0 Å². The molecule has 0 saturated carbocycles. The summed E-state index contributed by atoms with van der Waals surface area (Å²) in [5.74, 6) is 0.477. The van der Waals surface area contributed by atoms with Crippen LogP contribution in [0.25, 0.3) is 6.08 Å². The van der Waals surface area contributed by atoms with Crippen LogP contribution in [0.4, 0.5) is 0 Å². The number of amides is 1. The number of benzene rings is 1. The van der Waals surface area contributed by atoms with E-state index in [9.17, 15) is 9.90 Å². The van der Waals surface area contributed by atoms with Crippen molar-refractivity contribution in [3.05, 3.63) is 29.8 Å². The Morgan fingerprint density at radius 3 is 2.88 bits per heavy atom. The number of nitrogens with one attached hydrogen (secondary N) is 1. The molecule has 0 aliphatic rings. The highest BCUT2D eigenvalue weighted by molar-refractivity contribution is 5.73. The van der Waals surface area contributed by atoms with E-state index in [4.69, 9.17) is 4.74 Å². The number of hydrogen-bond donors (Lipinski definition) is 2. The summed E-state index contributed by atoms with van der Waals surface area (Å²) >= 11 is 0. The van der Waals surface area contributed by atoms with Gasteiger partial charge in [-0.3, -0.25) is 4.79 Å². The summed E-state index contributed by atoms with van der Waals surface area (Å²) in [4.78, 5) is 10.6. The second kappa shape index (κ2) is 5.80. The summed E-state index contributed by atoms with van der Waals surface area (Å²) in [6.45, 7) is 1.94. The number of phenolic OH excluding ortho intramolecular Hbond substituents is 1. The Morgan fingerprint density at radius 2 is 2.31 bits per heavy atom. The molecule has 1 rings (SSSR count). The largest absolute Gasteiger partial charge is 0.504 e. The van der Waals surface area contributed by atoms with Gasteiger partial charge in [0, 0.05) is 13.5 Å². The molecular formula is C12H15NO3. The number of methoxy groups -OCH3 is 1. The smallest absolute Gasteiger partial charge is 0.217 e. The first kappa shape index (κ1) is 12.1. The maximum Gasteiger partial charge on any atom is 0.217 e. The lowest BCUT2D eigenvalue weighted by Gasteiger charge is -2.03. The van der Waals surface area contributed by atoms with Gasteiger partial charge in [-0.15, -0.1) is 0 Å². The van der Waals surface area contributed by atoms with E-state index in [1.807, 2.05) is 18.2 Å². The van der Waals surface area contributed by atoms with Crippen molar-refractivity contribution in [2.24, 2.45) is 0 Å². The molecule has 0 heterocycles. The number of phenols is 1. The van der Waals surface area contributed by atoms with Crippen LogP contribution in [0, 0.1) is 0 Å². The van der Waals surface area contributed by atoms with Gasteiger partial charge in [-0.1, -0.05) is 18.2 Å². The Bertz CT molecular complexity index is 399. The third-order valence-electron chi connectivity index (χ3n) is 1.98. The lowest BCUT2D eigenvalue weighted by atomic mass is 10.2. The Labute approximate surface area is 94.6 Å². The molecular weight excluding hydrogens is 206 g/mol. The standard InChI is InChI=1S/C12H15NO3/c1-9(14)13-7-3-4-10-5-6-12(16-2)11(15)8-10/h3-6,8,15H,7H2,1-2H3,(H,13,14). The minimum absolute atomic E-state index is 0.0674. The molecule has 0 bridgehead atoms. The molecule has 1 aromatic rings. The second-order valence-corrected chi connectivity index (χ2v) is 3.27. The molecule has 0 aliphatic heterocycles. The van der Waals surface area contributed by atoms with Crippen LogP contribution in [0.5, 0.6) is 11.5 Å². The molecule has 0 unspecified atom stereocenters. The van der Waals surface area contributed by atoms with E-state index >= 15 is 0 Å². The minimum atomic E-state index is -0.0674. The number of carbonyl (C=O) groups is 1. The Hall–Kier alpha value is -1.97. The van der Waals surface area contributed by atoms with Crippen LogP contribution in [-0.2, 0) is 4.79 Å². The molecule has 4 nitrogen and oxygen atoms in total. The van der Waals surface area contributed by atoms with Crippen LogP contribution < -0.4 is 10.1 Å². The maximum atomic E-state index is 10.6. The molecule has 0 radical (unpaired) electrons. The Balaban J connectivity index is 2.61. The molecule has 16 heavy (non-hydrogen) atoms. The Morgan fingerprint density at radius 1 is 1.56 bits per heavy atom. The third kappa shape index (κ3) is 3.65. The van der Waals surface area contributed by atoms with Gasteiger partial charge in [0.1, 0.15) is 0 Å². The van der Waals surface area contributed by atoms with Crippen molar-refractivity contribution in [2.45, 2.75) is 6.92 Å². The van der Waals surface area contributed by atoms with E-state index in [-0.39, 0.29) is 11.7 Å². The molecule has 0 saturated heterocycles. The van der Waals surface area contributed by atoms with Gasteiger partial charge in [-0.25, -0.2) is 0 Å². The van der Waals surface area contributed by atoms with Crippen molar-refractivity contribution in [1.29, 1.82) is 0 Å². The lowest BCUT2D eigenvalue weighted by molar-refractivity contribution is -0.118. The van der Waals surface area contributed by atoms with Crippen LogP contribution in [0.3, 0.4) is 0 Å². The predicted octanol–water partition coefficient (Wildman–Crippen LogP) is 1.55. The topological polar surface area (TPSA) is 58.6 Å². The SMILES string of the molecule is COc1ccc(C=CCNC(C)=O)cc1O. The molecule has 0 aliphatic carbocycles. The van der Waals surface area contributed by atoms with Crippen LogP contribution in [0.2, 0.25) is 0 Å². The van der Waals surface area contributed by atoms with Crippen LogP contribution in [0.1, 0.15) is 12.5 Å². The number of rotatable bonds is 4. The van der Waals surface area contributed by atoms with Gasteiger partial charge >= 0.3 is 0 Å². The number of ether oxygens (including phenoxy) is 1. The third-order valence-corrected chi connectivity index (χ3v) is 1.98. The van der Waals surface area contributed by atoms with Crippen LogP contribution in [0.15, 0.2) is 24.3 Å². The van der Waals surface area contributed by atoms with Crippen molar-refractivity contribution in [3.8, 4) is 11.5 Å². The average Bonchev–Trinajstić information content (AvgIpc) is 2.24. The maximum absolute atomic E-state index is 10.6. The minimum Gasteiger partial charge on any atom is -0.504 e. The molecule has 1 aromatic carbocycles. The van der Waals surface area contributed by atoms with Crippen LogP contribution in [-0.4, -0.2) is 24.7 Å². The van der Waals surface area contributed by atoms with Gasteiger partial charge in [0.15, 0.2) is 11.5 Å². The van der Waals surface area contributed by atoms with E-state index in [1.54, 1.807) is 12.1 Å². The van der Waals surface area contributed by atoms with Gasteiger partial charge in [0.25, 0.3) is 0 Å². The van der Waals surface area contributed by atoms with E-state index < -0.39 is 0 Å². The normalized spacial score (nSPS) is 10.4. The zero-order chi connectivity index (χ0) is 12.0. The zero-order valence-electron chi connectivity index (χ0n) is 9.36. The molecule has 86 valence electrons. The highest BCUT2D eigenvalue weighted by Crippen LogP contribution is 2.26. The Kier molecular flexibility index (Phi) is 4.39. The van der Waals surface area contributed by atoms with Crippen molar-refractivity contribution in [2.75, 3.05) is 13.7 Å². The molecule has 1 amide bonds. The van der Waals surface area contributed by atoms with E-state index in [0.29, 0.717) is 12.3 Å². The van der Waals surface area contributed by atoms with Crippen molar-refractivity contribution < 1.29 is 14.6 Å². The summed E-state index contributed by atoms with van der Waals surface area (Å²) in [6, 6.07) is 5.11. The number of aromatic hydroxyl groups is 1. The highest BCUT2D eigenvalue weighted by atomic mass is 16.5. The summed E-state index contributed by atoms with van der Waals surface area (Å²) in [5, 5.41) is 12.1. The first-order valence-corrected chi connectivity index (χ1v) is 4.91. The van der Waals surface area contributed by atoms with Crippen molar-refractivity contribution in [3.63, 3.8) is 0 Å².